The molecule has 1 aromatic heterocycles. The van der Waals surface area contributed by atoms with Crippen molar-refractivity contribution in [3.8, 4) is 5.75 Å². The molecule has 0 aliphatic rings. The van der Waals surface area contributed by atoms with Gasteiger partial charge in [0.25, 0.3) is 0 Å². The Morgan fingerprint density at radius 1 is 1.04 bits per heavy atom. The summed E-state index contributed by atoms with van der Waals surface area (Å²) in [7, 11) is 0. The van der Waals surface area contributed by atoms with Gasteiger partial charge in [0.05, 0.1) is 6.26 Å². The Morgan fingerprint density at radius 3 is 2.43 bits per heavy atom. The van der Waals surface area contributed by atoms with E-state index in [1.807, 2.05) is 12.1 Å². The molecular weight excluding hydrogens is 296 g/mol. The second kappa shape index (κ2) is 5.96. The van der Waals surface area contributed by atoms with Crippen molar-refractivity contribution in [2.75, 3.05) is 0 Å². The van der Waals surface area contributed by atoms with E-state index in [0.717, 1.165) is 0 Å². The molecule has 5 heteroatoms. The molecule has 1 atom stereocenters. The summed E-state index contributed by atoms with van der Waals surface area (Å²) in [6.45, 7) is 1.46. The van der Waals surface area contributed by atoms with Gasteiger partial charge in [0.2, 0.25) is 5.78 Å². The highest BCUT2D eigenvalue weighted by molar-refractivity contribution is 6.16. The summed E-state index contributed by atoms with van der Waals surface area (Å²) in [6, 6.07) is 13.7. The van der Waals surface area contributed by atoms with E-state index in [1.54, 1.807) is 36.4 Å². The van der Waals surface area contributed by atoms with Crippen molar-refractivity contribution in [1.29, 1.82) is 0 Å². The molecule has 0 aliphatic heterocycles. The molecule has 3 aromatic rings. The predicted molar refractivity (Wildman–Crippen MR) is 83.8 cm³/mol. The fourth-order valence-corrected chi connectivity index (χ4v) is 2.35. The van der Waals surface area contributed by atoms with Crippen molar-refractivity contribution >= 4 is 22.5 Å². The zero-order valence-corrected chi connectivity index (χ0v) is 12.4. The Bertz CT molecular complexity index is 864. The van der Waals surface area contributed by atoms with Gasteiger partial charge in [-0.1, -0.05) is 24.3 Å². The normalized spacial score (nSPS) is 12.0. The average molecular weight is 310 g/mol. The van der Waals surface area contributed by atoms with Crippen LogP contribution in [0.1, 0.15) is 23.0 Å². The molecule has 1 heterocycles. The minimum Gasteiger partial charge on any atom is -0.479 e. The minimum absolute atomic E-state index is 0.232. The lowest BCUT2D eigenvalue weighted by Gasteiger charge is -2.14. The number of carboxylic acids is 1. The van der Waals surface area contributed by atoms with E-state index in [4.69, 9.17) is 14.3 Å². The summed E-state index contributed by atoms with van der Waals surface area (Å²) in [5.74, 6) is -0.608. The van der Waals surface area contributed by atoms with Crippen molar-refractivity contribution in [2.24, 2.45) is 0 Å². The van der Waals surface area contributed by atoms with Gasteiger partial charge in [-0.15, -0.1) is 0 Å². The number of rotatable bonds is 5. The number of ether oxygens (including phenoxy) is 1. The Morgan fingerprint density at radius 2 is 1.78 bits per heavy atom. The highest BCUT2D eigenvalue weighted by Gasteiger charge is 2.19. The van der Waals surface area contributed by atoms with Crippen LogP contribution in [0.25, 0.3) is 10.8 Å². The molecule has 2 aromatic carbocycles. The molecule has 0 aliphatic carbocycles. The van der Waals surface area contributed by atoms with Crippen molar-refractivity contribution in [2.45, 2.75) is 13.0 Å². The summed E-state index contributed by atoms with van der Waals surface area (Å²) in [5, 5.41) is 10.4. The van der Waals surface area contributed by atoms with Crippen molar-refractivity contribution in [3.63, 3.8) is 0 Å². The predicted octanol–water partition coefficient (Wildman–Crippen LogP) is 3.52. The Hall–Kier alpha value is -3.08. The zero-order chi connectivity index (χ0) is 16.4. The molecule has 0 saturated heterocycles. The van der Waals surface area contributed by atoms with Crippen LogP contribution in [0.3, 0.4) is 0 Å². The standard InChI is InChI=1S/C18H14O5/c1-11(18(20)21)23-15-9-8-14(12-5-2-3-6-13(12)15)17(19)16-7-4-10-22-16/h2-11H,1H3,(H,20,21). The van der Waals surface area contributed by atoms with Gasteiger partial charge in [-0.05, 0) is 36.6 Å². The van der Waals surface area contributed by atoms with Gasteiger partial charge < -0.3 is 14.3 Å². The average Bonchev–Trinajstić information content (AvgIpc) is 3.09. The first-order valence-electron chi connectivity index (χ1n) is 7.07. The third-order valence-electron chi connectivity index (χ3n) is 3.53. The highest BCUT2D eigenvalue weighted by atomic mass is 16.5. The lowest BCUT2D eigenvalue weighted by atomic mass is 9.99. The summed E-state index contributed by atoms with van der Waals surface area (Å²) in [6.07, 6.45) is 0.464. The Balaban J connectivity index is 2.09. The third-order valence-corrected chi connectivity index (χ3v) is 3.53. The van der Waals surface area contributed by atoms with Gasteiger partial charge in [0, 0.05) is 10.9 Å². The highest BCUT2D eigenvalue weighted by Crippen LogP contribution is 2.30. The lowest BCUT2D eigenvalue weighted by molar-refractivity contribution is -0.144. The number of carbonyl (C=O) groups is 2. The number of ketones is 1. The first kappa shape index (κ1) is 14.8. The van der Waals surface area contributed by atoms with Gasteiger partial charge in [0.15, 0.2) is 11.9 Å². The van der Waals surface area contributed by atoms with Gasteiger partial charge in [-0.3, -0.25) is 4.79 Å². The molecule has 0 fully saturated rings. The molecule has 23 heavy (non-hydrogen) atoms. The van der Waals surface area contributed by atoms with E-state index in [-0.39, 0.29) is 11.5 Å². The molecule has 0 bridgehead atoms. The number of hydrogen-bond acceptors (Lipinski definition) is 4. The topological polar surface area (TPSA) is 76.7 Å². The molecule has 1 unspecified atom stereocenters. The van der Waals surface area contributed by atoms with Crippen molar-refractivity contribution < 1.29 is 23.8 Å². The molecule has 0 spiro atoms. The Labute approximate surface area is 132 Å². The fourth-order valence-electron chi connectivity index (χ4n) is 2.35. The van der Waals surface area contributed by atoms with Crippen LogP contribution >= 0.6 is 0 Å². The van der Waals surface area contributed by atoms with Crippen LogP contribution < -0.4 is 4.74 Å². The number of benzene rings is 2. The molecular formula is C18H14O5. The maximum absolute atomic E-state index is 12.5. The van der Waals surface area contributed by atoms with Crippen LogP contribution in [0.2, 0.25) is 0 Å². The van der Waals surface area contributed by atoms with E-state index in [9.17, 15) is 9.59 Å². The van der Waals surface area contributed by atoms with Gasteiger partial charge in [-0.25, -0.2) is 4.79 Å². The van der Waals surface area contributed by atoms with Crippen molar-refractivity contribution in [1.82, 2.24) is 0 Å². The zero-order valence-electron chi connectivity index (χ0n) is 12.4. The molecule has 0 saturated carbocycles. The molecule has 3 rings (SSSR count). The van der Waals surface area contributed by atoms with Crippen LogP contribution in [-0.2, 0) is 4.79 Å². The van der Waals surface area contributed by atoms with Crippen molar-refractivity contribution in [3.05, 3.63) is 66.1 Å². The lowest BCUT2D eigenvalue weighted by Crippen LogP contribution is -2.23. The summed E-state index contributed by atoms with van der Waals surface area (Å²) in [5.41, 5.74) is 0.478. The molecule has 0 amide bonds. The summed E-state index contributed by atoms with van der Waals surface area (Å²) in [4.78, 5) is 23.5. The van der Waals surface area contributed by atoms with Crippen LogP contribution in [0, 0.1) is 0 Å². The van der Waals surface area contributed by atoms with E-state index < -0.39 is 12.1 Å². The minimum atomic E-state index is -1.05. The van der Waals surface area contributed by atoms with Gasteiger partial charge in [-0.2, -0.15) is 0 Å². The monoisotopic (exact) mass is 310 g/mol. The fraction of sp³-hybridized carbons (Fsp3) is 0.111. The van der Waals surface area contributed by atoms with E-state index in [0.29, 0.717) is 22.1 Å². The molecule has 116 valence electrons. The van der Waals surface area contributed by atoms with Crippen LogP contribution in [-0.4, -0.2) is 23.0 Å². The largest absolute Gasteiger partial charge is 0.479 e. The van der Waals surface area contributed by atoms with Crippen LogP contribution in [0.15, 0.2) is 59.2 Å². The number of carboxylic acid groups (broad SMARTS) is 1. The van der Waals surface area contributed by atoms with Gasteiger partial charge >= 0.3 is 5.97 Å². The molecule has 1 N–H and O–H groups in total. The Kier molecular flexibility index (Phi) is 3.85. The first-order chi connectivity index (χ1) is 11.1. The van der Waals surface area contributed by atoms with E-state index in [1.165, 1.54) is 13.2 Å². The van der Waals surface area contributed by atoms with Crippen LogP contribution in [0.4, 0.5) is 0 Å². The second-order valence-electron chi connectivity index (χ2n) is 5.06. The SMILES string of the molecule is CC(Oc1ccc(C(=O)c2ccco2)c2ccccc12)C(=O)O. The van der Waals surface area contributed by atoms with Gasteiger partial charge in [0.1, 0.15) is 5.75 Å². The third kappa shape index (κ3) is 2.81. The number of furan rings is 1. The van der Waals surface area contributed by atoms with Crippen LogP contribution in [0.5, 0.6) is 5.75 Å². The number of carbonyl (C=O) groups excluding carboxylic acids is 1. The second-order valence-corrected chi connectivity index (χ2v) is 5.06. The summed E-state index contributed by atoms with van der Waals surface area (Å²) >= 11 is 0. The van der Waals surface area contributed by atoms with E-state index in [2.05, 4.69) is 0 Å². The maximum atomic E-state index is 12.5. The number of fused-ring (bicyclic) bond motifs is 1. The molecule has 5 nitrogen and oxygen atoms in total. The number of aliphatic carboxylic acids is 1. The van der Waals surface area contributed by atoms with E-state index >= 15 is 0 Å². The number of hydrogen-bond donors (Lipinski definition) is 1. The molecule has 0 radical (unpaired) electrons. The smallest absolute Gasteiger partial charge is 0.344 e. The maximum Gasteiger partial charge on any atom is 0.344 e. The first-order valence-corrected chi connectivity index (χ1v) is 7.07. The quantitative estimate of drug-likeness (QED) is 0.730. The summed E-state index contributed by atoms with van der Waals surface area (Å²) < 4.78 is 10.6.